The lowest BCUT2D eigenvalue weighted by atomic mass is 9.73. The Kier molecular flexibility index (Phi) is 4.78. The molecule has 1 saturated carbocycles. The molecule has 0 unspecified atom stereocenters. The minimum atomic E-state index is -0.831. The molecule has 0 aromatic carbocycles. The van der Waals surface area contributed by atoms with Crippen molar-refractivity contribution < 1.29 is 14.7 Å². The van der Waals surface area contributed by atoms with Gasteiger partial charge in [-0.05, 0) is 39.0 Å². The third-order valence-electron chi connectivity index (χ3n) is 3.41. The monoisotopic (exact) mass is 242 g/mol. The van der Waals surface area contributed by atoms with Crippen molar-refractivity contribution in [1.29, 1.82) is 0 Å². The van der Waals surface area contributed by atoms with Crippen LogP contribution in [0, 0.1) is 5.92 Å². The van der Waals surface area contributed by atoms with Gasteiger partial charge in [0.05, 0.1) is 0 Å². The molecule has 0 aliphatic heterocycles. The lowest BCUT2D eigenvalue weighted by Crippen LogP contribution is -2.54. The first-order chi connectivity index (χ1) is 7.92. The molecule has 1 rings (SSSR count). The highest BCUT2D eigenvalue weighted by atomic mass is 16.4. The number of nitrogens with one attached hydrogen (secondary N) is 2. The van der Waals surface area contributed by atoms with E-state index in [1.165, 1.54) is 19.3 Å². The van der Waals surface area contributed by atoms with Gasteiger partial charge in [0.2, 0.25) is 0 Å². The maximum absolute atomic E-state index is 11.6. The second-order valence-corrected chi connectivity index (χ2v) is 5.23. The fraction of sp³-hybridized carbons (Fsp3) is 0.833. The van der Waals surface area contributed by atoms with Gasteiger partial charge in [-0.3, -0.25) is 4.79 Å². The minimum Gasteiger partial charge on any atom is -0.481 e. The van der Waals surface area contributed by atoms with Crippen LogP contribution in [0.4, 0.5) is 4.79 Å². The largest absolute Gasteiger partial charge is 0.481 e. The molecule has 5 heteroatoms. The van der Waals surface area contributed by atoms with Gasteiger partial charge >= 0.3 is 12.0 Å². The maximum atomic E-state index is 11.6. The molecular formula is C12H22N2O3. The standard InChI is InChI=1S/C12H22N2O3/c1-12(2,9-5-3-6-9)14-11(17)13-8-4-7-10(15)16/h9H,3-8H2,1-2H3,(H,15,16)(H2,13,14,17). The summed E-state index contributed by atoms with van der Waals surface area (Å²) in [5, 5.41) is 14.1. The molecule has 1 fully saturated rings. The number of hydrogen-bond donors (Lipinski definition) is 3. The van der Waals surface area contributed by atoms with Crippen molar-refractivity contribution in [3.05, 3.63) is 0 Å². The van der Waals surface area contributed by atoms with E-state index in [0.29, 0.717) is 18.9 Å². The molecule has 1 aliphatic carbocycles. The number of rotatable bonds is 6. The van der Waals surface area contributed by atoms with Crippen molar-refractivity contribution in [2.45, 2.75) is 51.5 Å². The summed E-state index contributed by atoms with van der Waals surface area (Å²) in [6.45, 7) is 4.47. The Morgan fingerprint density at radius 2 is 2.00 bits per heavy atom. The number of carboxylic acids is 1. The first-order valence-electron chi connectivity index (χ1n) is 6.19. The fourth-order valence-corrected chi connectivity index (χ4v) is 2.01. The summed E-state index contributed by atoms with van der Waals surface area (Å²) in [4.78, 5) is 21.9. The zero-order chi connectivity index (χ0) is 12.9. The Labute approximate surface area is 102 Å². The molecule has 5 nitrogen and oxygen atoms in total. The summed E-state index contributed by atoms with van der Waals surface area (Å²) in [5.74, 6) is -0.269. The molecule has 17 heavy (non-hydrogen) atoms. The lowest BCUT2D eigenvalue weighted by molar-refractivity contribution is -0.137. The van der Waals surface area contributed by atoms with Gasteiger partial charge in [0, 0.05) is 18.5 Å². The average molecular weight is 242 g/mol. The first kappa shape index (κ1) is 13.8. The van der Waals surface area contributed by atoms with Crippen LogP contribution in [0.5, 0.6) is 0 Å². The van der Waals surface area contributed by atoms with Crippen molar-refractivity contribution in [1.82, 2.24) is 10.6 Å². The predicted octanol–water partition coefficient (Wildman–Crippen LogP) is 1.73. The van der Waals surface area contributed by atoms with Gasteiger partial charge in [0.25, 0.3) is 0 Å². The van der Waals surface area contributed by atoms with Crippen LogP contribution in [0.15, 0.2) is 0 Å². The molecule has 1 aliphatic rings. The summed E-state index contributed by atoms with van der Waals surface area (Å²) in [6, 6.07) is -0.202. The van der Waals surface area contributed by atoms with Crippen LogP contribution in [0.3, 0.4) is 0 Å². The van der Waals surface area contributed by atoms with Crippen molar-refractivity contribution in [3.8, 4) is 0 Å². The molecule has 0 heterocycles. The summed E-state index contributed by atoms with van der Waals surface area (Å²) in [7, 11) is 0. The summed E-state index contributed by atoms with van der Waals surface area (Å²) >= 11 is 0. The van der Waals surface area contributed by atoms with Gasteiger partial charge in [-0.25, -0.2) is 4.79 Å². The van der Waals surface area contributed by atoms with E-state index in [-0.39, 0.29) is 18.0 Å². The van der Waals surface area contributed by atoms with Crippen LogP contribution in [-0.4, -0.2) is 29.2 Å². The van der Waals surface area contributed by atoms with Crippen LogP contribution in [0.25, 0.3) is 0 Å². The number of carbonyl (C=O) groups is 2. The Balaban J connectivity index is 2.17. The van der Waals surface area contributed by atoms with Crippen molar-refractivity contribution in [3.63, 3.8) is 0 Å². The lowest BCUT2D eigenvalue weighted by Gasteiger charge is -2.40. The average Bonchev–Trinajstić information content (AvgIpc) is 2.07. The molecule has 0 bridgehead atoms. The van der Waals surface area contributed by atoms with E-state index in [0.717, 1.165) is 0 Å². The number of amides is 2. The number of aliphatic carboxylic acids is 1. The summed E-state index contributed by atoms with van der Waals surface area (Å²) in [6.07, 6.45) is 4.15. The van der Waals surface area contributed by atoms with Crippen LogP contribution in [0.1, 0.15) is 46.0 Å². The second kappa shape index (κ2) is 5.89. The van der Waals surface area contributed by atoms with E-state index in [9.17, 15) is 9.59 Å². The molecule has 98 valence electrons. The van der Waals surface area contributed by atoms with Crippen LogP contribution >= 0.6 is 0 Å². The highest BCUT2D eigenvalue weighted by Crippen LogP contribution is 2.35. The molecular weight excluding hydrogens is 220 g/mol. The Bertz CT molecular complexity index is 285. The Morgan fingerprint density at radius 3 is 2.47 bits per heavy atom. The molecule has 3 N–H and O–H groups in total. The van der Waals surface area contributed by atoms with E-state index in [4.69, 9.17) is 5.11 Å². The number of hydrogen-bond acceptors (Lipinski definition) is 2. The van der Waals surface area contributed by atoms with E-state index >= 15 is 0 Å². The zero-order valence-corrected chi connectivity index (χ0v) is 10.6. The molecule has 0 atom stereocenters. The van der Waals surface area contributed by atoms with Gasteiger partial charge in [-0.2, -0.15) is 0 Å². The highest BCUT2D eigenvalue weighted by molar-refractivity contribution is 5.74. The van der Waals surface area contributed by atoms with Gasteiger partial charge in [-0.1, -0.05) is 6.42 Å². The van der Waals surface area contributed by atoms with E-state index < -0.39 is 5.97 Å². The molecule has 0 aromatic heterocycles. The van der Waals surface area contributed by atoms with Crippen LogP contribution < -0.4 is 10.6 Å². The van der Waals surface area contributed by atoms with Crippen molar-refractivity contribution in [2.75, 3.05) is 6.54 Å². The number of carbonyl (C=O) groups excluding carboxylic acids is 1. The third kappa shape index (κ3) is 4.63. The van der Waals surface area contributed by atoms with E-state index in [1.54, 1.807) is 0 Å². The molecule has 0 radical (unpaired) electrons. The number of carboxylic acid groups (broad SMARTS) is 1. The van der Waals surface area contributed by atoms with Gasteiger partial charge in [0.1, 0.15) is 0 Å². The smallest absolute Gasteiger partial charge is 0.315 e. The van der Waals surface area contributed by atoms with Crippen LogP contribution in [0.2, 0.25) is 0 Å². The second-order valence-electron chi connectivity index (χ2n) is 5.23. The quantitative estimate of drug-likeness (QED) is 0.621. The Morgan fingerprint density at radius 1 is 1.35 bits per heavy atom. The van der Waals surface area contributed by atoms with Crippen molar-refractivity contribution >= 4 is 12.0 Å². The third-order valence-corrected chi connectivity index (χ3v) is 3.41. The van der Waals surface area contributed by atoms with E-state index in [2.05, 4.69) is 10.6 Å². The molecule has 0 saturated heterocycles. The van der Waals surface area contributed by atoms with Gasteiger partial charge in [-0.15, -0.1) is 0 Å². The molecule has 2 amide bonds. The van der Waals surface area contributed by atoms with Gasteiger partial charge in [0.15, 0.2) is 0 Å². The SMILES string of the molecule is CC(C)(NC(=O)NCCCC(=O)O)C1CCC1. The summed E-state index contributed by atoms with van der Waals surface area (Å²) < 4.78 is 0. The minimum absolute atomic E-state index is 0.0896. The van der Waals surface area contributed by atoms with Crippen molar-refractivity contribution in [2.24, 2.45) is 5.92 Å². The first-order valence-corrected chi connectivity index (χ1v) is 6.19. The maximum Gasteiger partial charge on any atom is 0.315 e. The highest BCUT2D eigenvalue weighted by Gasteiger charge is 2.34. The van der Waals surface area contributed by atoms with E-state index in [1.807, 2.05) is 13.8 Å². The Hall–Kier alpha value is -1.26. The summed E-state index contributed by atoms with van der Waals surface area (Å²) in [5.41, 5.74) is -0.171. The zero-order valence-electron chi connectivity index (χ0n) is 10.6. The topological polar surface area (TPSA) is 78.4 Å². The molecule has 0 aromatic rings. The number of urea groups is 1. The predicted molar refractivity (Wildman–Crippen MR) is 64.8 cm³/mol. The van der Waals surface area contributed by atoms with Crippen LogP contribution in [-0.2, 0) is 4.79 Å². The molecule has 0 spiro atoms. The van der Waals surface area contributed by atoms with Gasteiger partial charge < -0.3 is 15.7 Å². The fourth-order valence-electron chi connectivity index (χ4n) is 2.01. The normalized spacial score (nSPS) is 16.1.